The highest BCUT2D eigenvalue weighted by Crippen LogP contribution is 2.30. The smallest absolute Gasteiger partial charge is 0.308 e. The Balaban J connectivity index is 2.83. The van der Waals surface area contributed by atoms with Crippen LogP contribution in [0.5, 0.6) is 11.5 Å². The summed E-state index contributed by atoms with van der Waals surface area (Å²) < 4.78 is 10.3. The number of nitrogens with one attached hydrogen (secondary N) is 1. The number of rotatable bonds is 8. The van der Waals surface area contributed by atoms with E-state index in [-0.39, 0.29) is 18.4 Å². The number of para-hydroxylation sites is 1. The lowest BCUT2D eigenvalue weighted by Crippen LogP contribution is -2.33. The maximum absolute atomic E-state index is 12.3. The van der Waals surface area contributed by atoms with E-state index in [1.165, 1.54) is 14.2 Å². The molecule has 6 heteroatoms. The van der Waals surface area contributed by atoms with E-state index in [0.29, 0.717) is 23.5 Å². The average molecular weight is 309 g/mol. The van der Waals surface area contributed by atoms with Gasteiger partial charge in [-0.1, -0.05) is 19.9 Å². The van der Waals surface area contributed by atoms with Gasteiger partial charge in [-0.2, -0.15) is 0 Å². The number of ether oxygens (including phenoxy) is 2. The van der Waals surface area contributed by atoms with E-state index < -0.39 is 11.9 Å². The third-order valence-electron chi connectivity index (χ3n) is 3.26. The van der Waals surface area contributed by atoms with E-state index in [9.17, 15) is 14.7 Å². The molecule has 0 radical (unpaired) electrons. The largest absolute Gasteiger partial charge is 0.493 e. The monoisotopic (exact) mass is 309 g/mol. The minimum absolute atomic E-state index is 0.0761. The second-order valence-corrected chi connectivity index (χ2v) is 5.42. The zero-order chi connectivity index (χ0) is 16.7. The second-order valence-electron chi connectivity index (χ2n) is 5.42. The minimum atomic E-state index is -0.911. The molecule has 0 aliphatic heterocycles. The van der Waals surface area contributed by atoms with Gasteiger partial charge in [0, 0.05) is 6.54 Å². The molecule has 0 fully saturated rings. The summed E-state index contributed by atoms with van der Waals surface area (Å²) >= 11 is 0. The summed E-state index contributed by atoms with van der Waals surface area (Å²) in [5, 5.41) is 11.8. The Kier molecular flexibility index (Phi) is 6.69. The Morgan fingerprint density at radius 2 is 1.91 bits per heavy atom. The summed E-state index contributed by atoms with van der Waals surface area (Å²) in [7, 11) is 2.94. The third kappa shape index (κ3) is 4.65. The van der Waals surface area contributed by atoms with Gasteiger partial charge in [0.2, 0.25) is 0 Å². The predicted octanol–water partition coefficient (Wildman–Crippen LogP) is 2.18. The molecule has 0 heterocycles. The van der Waals surface area contributed by atoms with Gasteiger partial charge in [-0.05, 0) is 24.5 Å². The molecule has 0 saturated carbocycles. The zero-order valence-corrected chi connectivity index (χ0v) is 13.4. The average Bonchev–Trinajstić information content (AvgIpc) is 2.49. The summed E-state index contributed by atoms with van der Waals surface area (Å²) in [6.45, 7) is 3.97. The van der Waals surface area contributed by atoms with Crippen molar-refractivity contribution >= 4 is 11.9 Å². The van der Waals surface area contributed by atoms with Crippen molar-refractivity contribution in [1.29, 1.82) is 0 Å². The van der Waals surface area contributed by atoms with Crippen LogP contribution in [-0.2, 0) is 4.79 Å². The van der Waals surface area contributed by atoms with Crippen LogP contribution in [0.1, 0.15) is 30.6 Å². The summed E-state index contributed by atoms with van der Waals surface area (Å²) in [6, 6.07) is 4.97. The first kappa shape index (κ1) is 17.8. The highest BCUT2D eigenvalue weighted by Gasteiger charge is 2.22. The molecule has 122 valence electrons. The van der Waals surface area contributed by atoms with Gasteiger partial charge in [-0.3, -0.25) is 9.59 Å². The third-order valence-corrected chi connectivity index (χ3v) is 3.26. The molecular formula is C16H23NO5. The number of carbonyl (C=O) groups excluding carboxylic acids is 1. The van der Waals surface area contributed by atoms with Crippen molar-refractivity contribution < 1.29 is 24.2 Å². The summed E-state index contributed by atoms with van der Waals surface area (Å²) in [5.41, 5.74) is 0.315. The SMILES string of the molecule is COc1cccc(C(=O)NCC(CC(C)C)C(=O)O)c1OC. The number of methoxy groups -OCH3 is 2. The van der Waals surface area contributed by atoms with Crippen LogP contribution in [0.2, 0.25) is 0 Å². The predicted molar refractivity (Wildman–Crippen MR) is 82.5 cm³/mol. The summed E-state index contributed by atoms with van der Waals surface area (Å²) in [6.07, 6.45) is 0.505. The molecule has 1 atom stereocenters. The maximum Gasteiger partial charge on any atom is 0.308 e. The Hall–Kier alpha value is -2.24. The van der Waals surface area contributed by atoms with Gasteiger partial charge in [-0.15, -0.1) is 0 Å². The lowest BCUT2D eigenvalue weighted by atomic mass is 9.97. The molecule has 0 aliphatic carbocycles. The molecule has 6 nitrogen and oxygen atoms in total. The van der Waals surface area contributed by atoms with Crippen molar-refractivity contribution in [2.24, 2.45) is 11.8 Å². The van der Waals surface area contributed by atoms with Crippen LogP contribution in [0.4, 0.5) is 0 Å². The molecule has 1 rings (SSSR count). The quantitative estimate of drug-likeness (QED) is 0.769. The molecule has 0 saturated heterocycles. The number of carboxylic acids is 1. The van der Waals surface area contributed by atoms with Crippen LogP contribution >= 0.6 is 0 Å². The number of benzene rings is 1. The molecule has 0 aromatic heterocycles. The Labute approximate surface area is 130 Å². The normalized spacial score (nSPS) is 11.9. The highest BCUT2D eigenvalue weighted by molar-refractivity contribution is 5.98. The summed E-state index contributed by atoms with van der Waals surface area (Å²) in [4.78, 5) is 23.5. The molecule has 1 amide bonds. The highest BCUT2D eigenvalue weighted by atomic mass is 16.5. The fraction of sp³-hybridized carbons (Fsp3) is 0.500. The van der Waals surface area contributed by atoms with Gasteiger partial charge in [0.1, 0.15) is 0 Å². The molecule has 1 unspecified atom stereocenters. The van der Waals surface area contributed by atoms with Crippen molar-refractivity contribution in [1.82, 2.24) is 5.32 Å². The van der Waals surface area contributed by atoms with Crippen molar-refractivity contribution in [2.75, 3.05) is 20.8 Å². The number of amides is 1. The van der Waals surface area contributed by atoms with Gasteiger partial charge in [0.15, 0.2) is 11.5 Å². The lowest BCUT2D eigenvalue weighted by molar-refractivity contribution is -0.142. The number of carbonyl (C=O) groups is 2. The van der Waals surface area contributed by atoms with Crippen LogP contribution in [0.3, 0.4) is 0 Å². The van der Waals surface area contributed by atoms with Crippen LogP contribution in [0.15, 0.2) is 18.2 Å². The lowest BCUT2D eigenvalue weighted by Gasteiger charge is -2.16. The number of aliphatic carboxylic acids is 1. The van der Waals surface area contributed by atoms with E-state index in [1.807, 2.05) is 13.8 Å². The first-order valence-corrected chi connectivity index (χ1v) is 7.12. The number of hydrogen-bond acceptors (Lipinski definition) is 4. The van der Waals surface area contributed by atoms with E-state index in [1.54, 1.807) is 18.2 Å². The van der Waals surface area contributed by atoms with Crippen molar-refractivity contribution in [3.8, 4) is 11.5 Å². The van der Waals surface area contributed by atoms with Gasteiger partial charge < -0.3 is 19.9 Å². The van der Waals surface area contributed by atoms with Crippen LogP contribution in [0, 0.1) is 11.8 Å². The van der Waals surface area contributed by atoms with Gasteiger partial charge in [0.25, 0.3) is 5.91 Å². The molecule has 1 aromatic rings. The molecule has 0 aliphatic rings. The van der Waals surface area contributed by atoms with E-state index in [2.05, 4.69) is 5.32 Å². The topological polar surface area (TPSA) is 84.9 Å². The zero-order valence-electron chi connectivity index (χ0n) is 13.4. The van der Waals surface area contributed by atoms with E-state index in [0.717, 1.165) is 0 Å². The maximum atomic E-state index is 12.3. The van der Waals surface area contributed by atoms with Gasteiger partial charge in [-0.25, -0.2) is 0 Å². The molecule has 1 aromatic carbocycles. The number of hydrogen-bond donors (Lipinski definition) is 2. The fourth-order valence-electron chi connectivity index (χ4n) is 2.22. The van der Waals surface area contributed by atoms with Gasteiger partial charge in [0.05, 0.1) is 25.7 Å². The molecule has 22 heavy (non-hydrogen) atoms. The van der Waals surface area contributed by atoms with Crippen LogP contribution < -0.4 is 14.8 Å². The molecule has 2 N–H and O–H groups in total. The Morgan fingerprint density at radius 1 is 1.23 bits per heavy atom. The van der Waals surface area contributed by atoms with Crippen LogP contribution in [0.25, 0.3) is 0 Å². The molecular weight excluding hydrogens is 286 g/mol. The standard InChI is InChI=1S/C16H23NO5/c1-10(2)8-11(16(19)20)9-17-15(18)12-6-5-7-13(21-3)14(12)22-4/h5-7,10-11H,8-9H2,1-4H3,(H,17,18)(H,19,20). The summed E-state index contributed by atoms with van der Waals surface area (Å²) in [5.74, 6) is -0.882. The first-order chi connectivity index (χ1) is 10.4. The van der Waals surface area contributed by atoms with E-state index in [4.69, 9.17) is 9.47 Å². The fourth-order valence-corrected chi connectivity index (χ4v) is 2.22. The van der Waals surface area contributed by atoms with Crippen molar-refractivity contribution in [3.63, 3.8) is 0 Å². The van der Waals surface area contributed by atoms with Crippen LogP contribution in [-0.4, -0.2) is 37.7 Å². The van der Waals surface area contributed by atoms with Gasteiger partial charge >= 0.3 is 5.97 Å². The minimum Gasteiger partial charge on any atom is -0.493 e. The Morgan fingerprint density at radius 3 is 2.41 bits per heavy atom. The molecule has 0 spiro atoms. The van der Waals surface area contributed by atoms with Crippen molar-refractivity contribution in [3.05, 3.63) is 23.8 Å². The molecule has 0 bridgehead atoms. The van der Waals surface area contributed by atoms with E-state index >= 15 is 0 Å². The van der Waals surface area contributed by atoms with Crippen molar-refractivity contribution in [2.45, 2.75) is 20.3 Å². The first-order valence-electron chi connectivity index (χ1n) is 7.12. The second kappa shape index (κ2) is 8.26. The number of carboxylic acid groups (broad SMARTS) is 1. The Bertz CT molecular complexity index is 527.